The number of Topliss-reactive ketones (excluding diaryl/α,β-unsaturated/α-hetero) is 1. The second-order valence-corrected chi connectivity index (χ2v) is 7.50. The molecule has 0 aliphatic carbocycles. The number of carbonyl (C=O) groups excluding carboxylic acids is 1. The summed E-state index contributed by atoms with van der Waals surface area (Å²) in [5.41, 5.74) is 0.152. The van der Waals surface area contributed by atoms with Crippen molar-refractivity contribution in [3.05, 3.63) is 94.3 Å². The minimum absolute atomic E-state index is 0.0615. The number of thioether (sulfide) groups is 1. The first kappa shape index (κ1) is 20.7. The largest absolute Gasteiger partial charge is 0.496 e. The van der Waals surface area contributed by atoms with Gasteiger partial charge < -0.3 is 4.74 Å². The summed E-state index contributed by atoms with van der Waals surface area (Å²) in [4.78, 5) is 30.4. The summed E-state index contributed by atoms with van der Waals surface area (Å²) < 4.78 is 34.3. The summed E-state index contributed by atoms with van der Waals surface area (Å²) in [6.45, 7) is 0. The molecule has 4 rings (SSSR count). The Hall–Kier alpha value is -3.52. The molecule has 0 aliphatic rings. The quantitative estimate of drug-likeness (QED) is 0.249. The predicted octanol–water partition coefficient (Wildman–Crippen LogP) is 4.65. The van der Waals surface area contributed by atoms with Gasteiger partial charge in [-0.1, -0.05) is 36.0 Å². The second-order valence-electron chi connectivity index (χ2n) is 6.56. The van der Waals surface area contributed by atoms with Crippen LogP contribution >= 0.6 is 11.8 Å². The van der Waals surface area contributed by atoms with Gasteiger partial charge in [-0.05, 0) is 36.4 Å². The molecule has 0 amide bonds. The average molecular weight is 438 g/mol. The minimum atomic E-state index is -0.905. The SMILES string of the molecule is COc1ccccc1C(=O)CSc1nc2ccccc2c(=O)n1-c1ccc(F)cc1F. The van der Waals surface area contributed by atoms with Crippen molar-refractivity contribution in [3.8, 4) is 11.4 Å². The third-order valence-electron chi connectivity index (χ3n) is 4.64. The van der Waals surface area contributed by atoms with Crippen LogP contribution in [-0.4, -0.2) is 28.2 Å². The fourth-order valence-electron chi connectivity index (χ4n) is 3.17. The first-order chi connectivity index (χ1) is 15.0. The molecule has 0 atom stereocenters. The van der Waals surface area contributed by atoms with Crippen LogP contribution in [0.4, 0.5) is 8.78 Å². The van der Waals surface area contributed by atoms with E-state index in [0.717, 1.165) is 22.4 Å². The molecule has 31 heavy (non-hydrogen) atoms. The fourth-order valence-corrected chi connectivity index (χ4v) is 4.06. The highest BCUT2D eigenvalue weighted by Crippen LogP contribution is 2.26. The summed E-state index contributed by atoms with van der Waals surface area (Å²) in [6, 6.07) is 16.4. The van der Waals surface area contributed by atoms with Gasteiger partial charge >= 0.3 is 0 Å². The monoisotopic (exact) mass is 438 g/mol. The van der Waals surface area contributed by atoms with Crippen LogP contribution in [0.1, 0.15) is 10.4 Å². The van der Waals surface area contributed by atoms with E-state index in [1.165, 1.54) is 13.2 Å². The number of benzene rings is 3. The molecule has 5 nitrogen and oxygen atoms in total. The van der Waals surface area contributed by atoms with Crippen molar-refractivity contribution in [2.75, 3.05) is 12.9 Å². The predicted molar refractivity (Wildman–Crippen MR) is 115 cm³/mol. The normalized spacial score (nSPS) is 10.9. The number of ether oxygens (including phenoxy) is 1. The summed E-state index contributed by atoms with van der Waals surface area (Å²) >= 11 is 0.992. The fraction of sp³-hybridized carbons (Fsp3) is 0.0870. The molecule has 0 radical (unpaired) electrons. The summed E-state index contributed by atoms with van der Waals surface area (Å²) in [5, 5.41) is 0.407. The standard InChI is InChI=1S/C23H16F2N2O3S/c1-30-21-9-5-3-7-16(21)20(28)13-31-23-26-18-8-4-2-6-15(18)22(29)27(23)19-11-10-14(24)12-17(19)25/h2-12H,13H2,1H3. The molecule has 0 unspecified atom stereocenters. The Balaban J connectivity index is 1.79. The topological polar surface area (TPSA) is 61.2 Å². The first-order valence-electron chi connectivity index (χ1n) is 9.26. The molecule has 3 aromatic carbocycles. The molecular formula is C23H16F2N2O3S. The molecule has 0 spiro atoms. The van der Waals surface area contributed by atoms with E-state index in [2.05, 4.69) is 4.98 Å². The Morgan fingerprint density at radius 2 is 1.81 bits per heavy atom. The van der Waals surface area contributed by atoms with Crippen molar-refractivity contribution in [2.24, 2.45) is 0 Å². The lowest BCUT2D eigenvalue weighted by molar-refractivity contribution is 0.101. The number of aromatic nitrogens is 2. The van der Waals surface area contributed by atoms with E-state index in [4.69, 9.17) is 4.74 Å². The molecule has 1 heterocycles. The summed E-state index contributed by atoms with van der Waals surface area (Å²) in [7, 11) is 1.47. The van der Waals surface area contributed by atoms with Gasteiger partial charge in [0, 0.05) is 6.07 Å². The van der Waals surface area contributed by atoms with Crippen molar-refractivity contribution < 1.29 is 18.3 Å². The molecule has 156 valence electrons. The lowest BCUT2D eigenvalue weighted by atomic mass is 10.1. The maximum atomic E-state index is 14.5. The van der Waals surface area contributed by atoms with E-state index >= 15 is 0 Å². The maximum Gasteiger partial charge on any atom is 0.266 e. The van der Waals surface area contributed by atoms with Crippen LogP contribution in [0.5, 0.6) is 5.75 Å². The second kappa shape index (κ2) is 8.69. The van der Waals surface area contributed by atoms with Crippen molar-refractivity contribution >= 4 is 28.4 Å². The summed E-state index contributed by atoms with van der Waals surface area (Å²) in [5.74, 6) is -1.54. The molecule has 1 aromatic heterocycles. The van der Waals surface area contributed by atoms with Gasteiger partial charge in [-0.3, -0.25) is 14.2 Å². The lowest BCUT2D eigenvalue weighted by Crippen LogP contribution is -2.23. The van der Waals surface area contributed by atoms with E-state index in [1.807, 2.05) is 0 Å². The van der Waals surface area contributed by atoms with E-state index in [0.29, 0.717) is 22.9 Å². The Morgan fingerprint density at radius 3 is 2.58 bits per heavy atom. The summed E-state index contributed by atoms with van der Waals surface area (Å²) in [6.07, 6.45) is 0. The Bertz CT molecular complexity index is 1350. The van der Waals surface area contributed by atoms with Gasteiger partial charge in [0.15, 0.2) is 10.9 Å². The highest BCUT2D eigenvalue weighted by Gasteiger charge is 2.19. The van der Waals surface area contributed by atoms with E-state index < -0.39 is 17.2 Å². The lowest BCUT2D eigenvalue weighted by Gasteiger charge is -2.14. The van der Waals surface area contributed by atoms with E-state index in [9.17, 15) is 18.4 Å². The van der Waals surface area contributed by atoms with Gasteiger partial charge in [-0.25, -0.2) is 13.8 Å². The Kier molecular flexibility index (Phi) is 5.81. The molecule has 0 aliphatic heterocycles. The van der Waals surface area contributed by atoms with Gasteiger partial charge in [-0.2, -0.15) is 0 Å². The van der Waals surface area contributed by atoms with Crippen molar-refractivity contribution in [1.29, 1.82) is 0 Å². The number of rotatable bonds is 6. The van der Waals surface area contributed by atoms with E-state index in [-0.39, 0.29) is 27.8 Å². The molecule has 0 saturated carbocycles. The van der Waals surface area contributed by atoms with Crippen LogP contribution in [-0.2, 0) is 0 Å². The van der Waals surface area contributed by atoms with Crippen molar-refractivity contribution in [2.45, 2.75) is 5.16 Å². The van der Waals surface area contributed by atoms with E-state index in [1.54, 1.807) is 48.5 Å². The van der Waals surface area contributed by atoms with Gasteiger partial charge in [0.1, 0.15) is 17.4 Å². The third-order valence-corrected chi connectivity index (χ3v) is 5.57. The van der Waals surface area contributed by atoms with Crippen molar-refractivity contribution in [3.63, 3.8) is 0 Å². The maximum absolute atomic E-state index is 14.5. The first-order valence-corrected chi connectivity index (χ1v) is 10.2. The highest BCUT2D eigenvalue weighted by molar-refractivity contribution is 7.99. The average Bonchev–Trinajstić information content (AvgIpc) is 2.78. The van der Waals surface area contributed by atoms with Crippen LogP contribution in [0.15, 0.2) is 76.7 Å². The van der Waals surface area contributed by atoms with Crippen LogP contribution in [0.3, 0.4) is 0 Å². The van der Waals surface area contributed by atoms with Gasteiger partial charge in [-0.15, -0.1) is 0 Å². The number of hydrogen-bond donors (Lipinski definition) is 0. The molecular weight excluding hydrogens is 422 g/mol. The van der Waals surface area contributed by atoms with Gasteiger partial charge in [0.25, 0.3) is 5.56 Å². The number of carbonyl (C=O) groups is 1. The van der Waals surface area contributed by atoms with Crippen molar-refractivity contribution in [1.82, 2.24) is 9.55 Å². The number of nitrogens with zero attached hydrogens (tertiary/aromatic N) is 2. The zero-order valence-corrected chi connectivity index (χ0v) is 17.2. The number of hydrogen-bond acceptors (Lipinski definition) is 5. The number of para-hydroxylation sites is 2. The van der Waals surface area contributed by atoms with Crippen LogP contribution in [0.25, 0.3) is 16.6 Å². The Labute approximate surface area is 180 Å². The number of ketones is 1. The van der Waals surface area contributed by atoms with Crippen LogP contribution < -0.4 is 10.3 Å². The molecule has 0 fully saturated rings. The van der Waals surface area contributed by atoms with Crippen LogP contribution in [0, 0.1) is 11.6 Å². The third kappa shape index (κ3) is 4.06. The smallest absolute Gasteiger partial charge is 0.266 e. The Morgan fingerprint density at radius 1 is 1.06 bits per heavy atom. The molecule has 0 bridgehead atoms. The molecule has 8 heteroatoms. The minimum Gasteiger partial charge on any atom is -0.496 e. The molecule has 4 aromatic rings. The highest BCUT2D eigenvalue weighted by atomic mass is 32.2. The van der Waals surface area contributed by atoms with Crippen LogP contribution in [0.2, 0.25) is 0 Å². The number of fused-ring (bicyclic) bond motifs is 1. The zero-order chi connectivity index (χ0) is 22.0. The van der Waals surface area contributed by atoms with Gasteiger partial charge in [0.05, 0.1) is 35.0 Å². The number of methoxy groups -OCH3 is 1. The van der Waals surface area contributed by atoms with Gasteiger partial charge in [0.2, 0.25) is 0 Å². The number of halogens is 2. The zero-order valence-electron chi connectivity index (χ0n) is 16.3. The molecule has 0 N–H and O–H groups in total. The molecule has 0 saturated heterocycles.